The Morgan fingerprint density at radius 3 is 2.26 bits per heavy atom. The third kappa shape index (κ3) is 7.67. The lowest BCUT2D eigenvalue weighted by molar-refractivity contribution is 0.304. The van der Waals surface area contributed by atoms with Crippen LogP contribution in [0.5, 0.6) is 5.75 Å². The summed E-state index contributed by atoms with van der Waals surface area (Å²) in [6, 6.07) is 18.6. The van der Waals surface area contributed by atoms with Crippen molar-refractivity contribution in [2.24, 2.45) is 10.9 Å². The van der Waals surface area contributed by atoms with Crippen molar-refractivity contribution in [3.63, 3.8) is 0 Å². The molecule has 0 amide bonds. The molecule has 0 aliphatic carbocycles. The van der Waals surface area contributed by atoms with E-state index in [0.29, 0.717) is 6.42 Å². The van der Waals surface area contributed by atoms with Gasteiger partial charge in [0, 0.05) is 24.7 Å². The summed E-state index contributed by atoms with van der Waals surface area (Å²) in [6.07, 6.45) is 12.8. The molecule has 1 heterocycles. The number of rotatable bonds is 14. The normalized spacial score (nSPS) is 11.8. The van der Waals surface area contributed by atoms with Gasteiger partial charge in [0.1, 0.15) is 11.6 Å². The second kappa shape index (κ2) is 12.7. The Hall–Kier alpha value is -2.95. The minimum absolute atomic E-state index is 0.211. The first kappa shape index (κ1) is 22.7. The molecular formula is C26H35N3O2. The summed E-state index contributed by atoms with van der Waals surface area (Å²) in [6.45, 7) is 1.87. The Morgan fingerprint density at radius 2 is 1.52 bits per heavy atom. The highest BCUT2D eigenvalue weighted by Gasteiger charge is 2.01. The standard InChI is InChI=1S/C26H35N3O2/c27-26(28-30)21-22-13-15-24(16-14-22)31-20-10-6-4-2-1-3-5-9-18-29-19-17-23-11-7-8-12-25(23)29/h7-8,11-17,19,30H,1-6,9-10,18,20-21H2,(H2,27,28). The fourth-order valence-electron chi connectivity index (χ4n) is 3.92. The van der Waals surface area contributed by atoms with Gasteiger partial charge in [-0.1, -0.05) is 74.0 Å². The first-order valence-corrected chi connectivity index (χ1v) is 11.5. The van der Waals surface area contributed by atoms with Crippen LogP contribution in [0.4, 0.5) is 0 Å². The molecule has 2 aromatic carbocycles. The summed E-state index contributed by atoms with van der Waals surface area (Å²) < 4.78 is 8.18. The molecule has 31 heavy (non-hydrogen) atoms. The number of para-hydroxylation sites is 1. The molecule has 3 N–H and O–H groups in total. The van der Waals surface area contributed by atoms with E-state index in [1.165, 1.54) is 55.8 Å². The van der Waals surface area contributed by atoms with E-state index < -0.39 is 0 Å². The Kier molecular flexibility index (Phi) is 9.30. The molecule has 1 aromatic heterocycles. The van der Waals surface area contributed by atoms with E-state index in [4.69, 9.17) is 15.7 Å². The summed E-state index contributed by atoms with van der Waals surface area (Å²) in [5.41, 5.74) is 7.87. The summed E-state index contributed by atoms with van der Waals surface area (Å²) in [5.74, 6) is 1.09. The molecule has 166 valence electrons. The van der Waals surface area contributed by atoms with Gasteiger partial charge in [-0.3, -0.25) is 0 Å². The van der Waals surface area contributed by atoms with Crippen LogP contribution in [0.3, 0.4) is 0 Å². The van der Waals surface area contributed by atoms with E-state index in [1.54, 1.807) is 0 Å². The van der Waals surface area contributed by atoms with Crippen LogP contribution in [0.2, 0.25) is 0 Å². The topological polar surface area (TPSA) is 72.8 Å². The van der Waals surface area contributed by atoms with Gasteiger partial charge in [-0.25, -0.2) is 0 Å². The number of aryl methyl sites for hydroxylation is 1. The fourth-order valence-corrected chi connectivity index (χ4v) is 3.92. The molecule has 3 aromatic rings. The molecule has 5 heteroatoms. The smallest absolute Gasteiger partial charge is 0.143 e. The van der Waals surface area contributed by atoms with Crippen LogP contribution >= 0.6 is 0 Å². The van der Waals surface area contributed by atoms with Gasteiger partial charge in [-0.2, -0.15) is 0 Å². The number of oxime groups is 1. The number of hydrogen-bond acceptors (Lipinski definition) is 3. The van der Waals surface area contributed by atoms with Crippen molar-refractivity contribution in [2.75, 3.05) is 6.61 Å². The fraction of sp³-hybridized carbons (Fsp3) is 0.423. The van der Waals surface area contributed by atoms with Crippen molar-refractivity contribution >= 4 is 16.7 Å². The zero-order chi connectivity index (χ0) is 21.7. The highest BCUT2D eigenvalue weighted by atomic mass is 16.5. The van der Waals surface area contributed by atoms with Crippen LogP contribution in [-0.4, -0.2) is 22.2 Å². The van der Waals surface area contributed by atoms with E-state index in [9.17, 15) is 0 Å². The van der Waals surface area contributed by atoms with Gasteiger partial charge < -0.3 is 20.2 Å². The van der Waals surface area contributed by atoms with Crippen molar-refractivity contribution < 1.29 is 9.94 Å². The molecule has 0 fully saturated rings. The van der Waals surface area contributed by atoms with Gasteiger partial charge in [-0.05, 0) is 48.1 Å². The van der Waals surface area contributed by atoms with Gasteiger partial charge in [-0.15, -0.1) is 0 Å². The van der Waals surface area contributed by atoms with Crippen LogP contribution in [0.25, 0.3) is 10.9 Å². The zero-order valence-electron chi connectivity index (χ0n) is 18.4. The van der Waals surface area contributed by atoms with Crippen molar-refractivity contribution in [1.29, 1.82) is 0 Å². The number of amidine groups is 1. The van der Waals surface area contributed by atoms with Gasteiger partial charge in [0.05, 0.1) is 6.61 Å². The molecule has 0 radical (unpaired) electrons. The minimum atomic E-state index is 0.211. The SMILES string of the molecule is N/C(Cc1ccc(OCCCCCCCCCCn2ccc3ccccc32)cc1)=N/O. The maximum absolute atomic E-state index is 8.61. The van der Waals surface area contributed by atoms with Crippen molar-refractivity contribution in [2.45, 2.75) is 64.3 Å². The predicted octanol–water partition coefficient (Wildman–Crippen LogP) is 6.13. The summed E-state index contributed by atoms with van der Waals surface area (Å²) in [5, 5.41) is 12.9. The summed E-state index contributed by atoms with van der Waals surface area (Å²) >= 11 is 0. The third-order valence-electron chi connectivity index (χ3n) is 5.68. The second-order valence-electron chi connectivity index (χ2n) is 8.16. The van der Waals surface area contributed by atoms with E-state index >= 15 is 0 Å². The lowest BCUT2D eigenvalue weighted by Gasteiger charge is -2.07. The highest BCUT2D eigenvalue weighted by Crippen LogP contribution is 2.17. The van der Waals surface area contributed by atoms with Crippen LogP contribution in [0.1, 0.15) is 56.9 Å². The maximum atomic E-state index is 8.61. The lowest BCUT2D eigenvalue weighted by atomic mass is 10.1. The lowest BCUT2D eigenvalue weighted by Crippen LogP contribution is -2.14. The van der Waals surface area contributed by atoms with Crippen LogP contribution in [0, 0.1) is 0 Å². The molecule has 0 saturated carbocycles. The van der Waals surface area contributed by atoms with Gasteiger partial charge in [0.15, 0.2) is 0 Å². The number of nitrogens with zero attached hydrogens (tertiary/aromatic N) is 2. The highest BCUT2D eigenvalue weighted by molar-refractivity contribution is 5.82. The molecule has 0 spiro atoms. The quantitative estimate of drug-likeness (QED) is 0.108. The first-order valence-electron chi connectivity index (χ1n) is 11.5. The Labute approximate surface area is 185 Å². The number of benzene rings is 2. The van der Waals surface area contributed by atoms with Crippen LogP contribution in [-0.2, 0) is 13.0 Å². The molecule has 0 aliphatic heterocycles. The Morgan fingerprint density at radius 1 is 0.839 bits per heavy atom. The van der Waals surface area contributed by atoms with E-state index in [-0.39, 0.29) is 5.84 Å². The average molecular weight is 422 g/mol. The molecule has 0 atom stereocenters. The largest absolute Gasteiger partial charge is 0.494 e. The number of aromatic nitrogens is 1. The minimum Gasteiger partial charge on any atom is -0.494 e. The maximum Gasteiger partial charge on any atom is 0.143 e. The molecule has 5 nitrogen and oxygen atoms in total. The van der Waals surface area contributed by atoms with Gasteiger partial charge in [0.2, 0.25) is 0 Å². The van der Waals surface area contributed by atoms with Gasteiger partial charge >= 0.3 is 0 Å². The molecular weight excluding hydrogens is 386 g/mol. The van der Waals surface area contributed by atoms with E-state index in [1.807, 2.05) is 24.3 Å². The van der Waals surface area contributed by atoms with Crippen molar-refractivity contribution in [3.8, 4) is 5.75 Å². The van der Waals surface area contributed by atoms with Crippen LogP contribution < -0.4 is 10.5 Å². The molecule has 0 saturated heterocycles. The number of unbranched alkanes of at least 4 members (excludes halogenated alkanes) is 7. The molecule has 0 unspecified atom stereocenters. The Bertz CT molecular complexity index is 931. The number of ether oxygens (including phenoxy) is 1. The molecule has 0 aliphatic rings. The Balaban J connectivity index is 1.16. The predicted molar refractivity (Wildman–Crippen MR) is 128 cm³/mol. The first-order chi connectivity index (χ1) is 15.3. The summed E-state index contributed by atoms with van der Waals surface area (Å²) in [4.78, 5) is 0. The second-order valence-corrected chi connectivity index (χ2v) is 8.16. The zero-order valence-corrected chi connectivity index (χ0v) is 18.4. The van der Waals surface area contributed by atoms with Crippen LogP contribution in [0.15, 0.2) is 65.9 Å². The van der Waals surface area contributed by atoms with Crippen molar-refractivity contribution in [1.82, 2.24) is 4.57 Å². The number of nitrogens with two attached hydrogens (primary N) is 1. The summed E-state index contributed by atoms with van der Waals surface area (Å²) in [7, 11) is 0. The van der Waals surface area contributed by atoms with E-state index in [2.05, 4.69) is 46.3 Å². The average Bonchev–Trinajstić information content (AvgIpc) is 3.21. The van der Waals surface area contributed by atoms with Gasteiger partial charge in [0.25, 0.3) is 0 Å². The molecule has 0 bridgehead atoms. The van der Waals surface area contributed by atoms with Crippen molar-refractivity contribution in [3.05, 3.63) is 66.4 Å². The van der Waals surface area contributed by atoms with E-state index in [0.717, 1.165) is 30.9 Å². The number of fused-ring (bicyclic) bond motifs is 1. The number of hydrogen-bond donors (Lipinski definition) is 2. The molecule has 3 rings (SSSR count). The monoisotopic (exact) mass is 421 g/mol. The third-order valence-corrected chi connectivity index (χ3v) is 5.68.